The molecule has 1 aliphatic heterocycles. The van der Waals surface area contributed by atoms with Crippen LogP contribution in [0.1, 0.15) is 44.7 Å². The van der Waals surface area contributed by atoms with Crippen LogP contribution in [-0.4, -0.2) is 56.3 Å². The first-order valence-corrected chi connectivity index (χ1v) is 11.8. The van der Waals surface area contributed by atoms with Gasteiger partial charge in [0.1, 0.15) is 6.29 Å². The fourth-order valence-corrected chi connectivity index (χ4v) is 5.38. The maximum absolute atomic E-state index is 11.1. The summed E-state index contributed by atoms with van der Waals surface area (Å²) in [5.41, 5.74) is 2.13. The van der Waals surface area contributed by atoms with Gasteiger partial charge in [0.25, 0.3) is 0 Å². The van der Waals surface area contributed by atoms with Gasteiger partial charge >= 0.3 is 50.0 Å². The van der Waals surface area contributed by atoms with Crippen molar-refractivity contribution in [2.75, 3.05) is 0 Å². The van der Waals surface area contributed by atoms with Crippen LogP contribution in [0.25, 0.3) is 0 Å². The van der Waals surface area contributed by atoms with E-state index in [4.69, 9.17) is 20.6 Å². The van der Waals surface area contributed by atoms with Crippen LogP contribution in [0, 0.1) is 0 Å². The molecule has 0 atom stereocenters. The molecule has 6 nitrogen and oxygen atoms in total. The van der Waals surface area contributed by atoms with Crippen molar-refractivity contribution < 1.29 is 25.4 Å². The standard InChI is InChI=1S/C14H20O.O5Si5/c1-4-5-8-12-9-6-7-10-13(12)14(2,3)11-15;1-6-2-8-4-10-5-9-3-7-1/h6-7,9-11H,4-5,8H2,1-3H3;. The average Bonchev–Trinajstić information content (AvgIpc) is 2.65. The minimum atomic E-state index is -0.357. The first-order chi connectivity index (χ1) is 12.1. The molecule has 0 saturated carbocycles. The second-order valence-electron chi connectivity index (χ2n) is 5.53. The molecular formula is C14H20O6Si5. The minimum Gasteiger partial charge on any atom is -0.412 e. The Hall–Kier alpha value is -0.226. The third-order valence-corrected chi connectivity index (χ3v) is 6.56. The number of aryl methyl sites for hydroxylation is 1. The SMILES string of the molecule is CCCCc1ccccc1C(C)(C)C=O.O1[Si]O[Si]O[Si]O[Si]O[Si]1. The Morgan fingerprint density at radius 2 is 1.40 bits per heavy atom. The van der Waals surface area contributed by atoms with Gasteiger partial charge in [-0.25, -0.2) is 0 Å². The summed E-state index contributed by atoms with van der Waals surface area (Å²) >= 11 is 0. The smallest absolute Gasteiger partial charge is 0.412 e. The van der Waals surface area contributed by atoms with Gasteiger partial charge in [-0.2, -0.15) is 0 Å². The van der Waals surface area contributed by atoms with E-state index in [1.165, 1.54) is 24.0 Å². The van der Waals surface area contributed by atoms with Crippen LogP contribution >= 0.6 is 0 Å². The lowest BCUT2D eigenvalue weighted by atomic mass is 9.82. The van der Waals surface area contributed by atoms with Crippen molar-refractivity contribution in [3.63, 3.8) is 0 Å². The predicted octanol–water partition coefficient (Wildman–Crippen LogP) is 1.26. The minimum absolute atomic E-state index is 0.0108. The molecule has 0 unspecified atom stereocenters. The number of aldehydes is 1. The molecule has 1 saturated heterocycles. The monoisotopic (exact) mass is 424 g/mol. The van der Waals surface area contributed by atoms with E-state index in [0.717, 1.165) is 12.7 Å². The second kappa shape index (κ2) is 13.9. The Morgan fingerprint density at radius 3 is 1.84 bits per heavy atom. The van der Waals surface area contributed by atoms with Crippen molar-refractivity contribution in [2.45, 2.75) is 45.4 Å². The van der Waals surface area contributed by atoms with Gasteiger partial charge in [-0.05, 0) is 37.8 Å². The molecule has 2 rings (SSSR count). The third kappa shape index (κ3) is 9.88. The van der Waals surface area contributed by atoms with Crippen molar-refractivity contribution in [1.29, 1.82) is 0 Å². The summed E-state index contributed by atoms with van der Waals surface area (Å²) in [5.74, 6) is 0. The van der Waals surface area contributed by atoms with E-state index in [1.54, 1.807) is 0 Å². The van der Waals surface area contributed by atoms with Crippen LogP contribution in [-0.2, 0) is 37.2 Å². The third-order valence-electron chi connectivity index (χ3n) is 3.22. The van der Waals surface area contributed by atoms with Crippen LogP contribution in [0.3, 0.4) is 0 Å². The van der Waals surface area contributed by atoms with Crippen molar-refractivity contribution in [3.05, 3.63) is 35.4 Å². The van der Waals surface area contributed by atoms with E-state index >= 15 is 0 Å². The van der Waals surface area contributed by atoms with Gasteiger partial charge in [0.15, 0.2) is 0 Å². The van der Waals surface area contributed by atoms with E-state index in [0.29, 0.717) is 0 Å². The lowest BCUT2D eigenvalue weighted by molar-refractivity contribution is -0.111. The average molecular weight is 425 g/mol. The van der Waals surface area contributed by atoms with Crippen LogP contribution in [0.2, 0.25) is 0 Å². The number of hydrogen-bond acceptors (Lipinski definition) is 6. The lowest BCUT2D eigenvalue weighted by Gasteiger charge is -2.21. The van der Waals surface area contributed by atoms with Gasteiger partial charge in [-0.1, -0.05) is 37.6 Å². The zero-order valence-corrected chi connectivity index (χ0v) is 19.5. The quantitative estimate of drug-likeness (QED) is 0.524. The van der Waals surface area contributed by atoms with Gasteiger partial charge in [0.2, 0.25) is 0 Å². The van der Waals surface area contributed by atoms with Crippen molar-refractivity contribution in [2.24, 2.45) is 0 Å². The number of carbonyl (C=O) groups excluding carboxylic acids is 1. The van der Waals surface area contributed by atoms with Crippen LogP contribution < -0.4 is 0 Å². The number of benzene rings is 1. The summed E-state index contributed by atoms with van der Waals surface area (Å²) in [6.07, 6.45) is 4.49. The molecular weight excluding hydrogens is 405 g/mol. The summed E-state index contributed by atoms with van der Waals surface area (Å²) in [7, 11) is 0.0540. The Bertz CT molecular complexity index is 457. The largest absolute Gasteiger partial charge is 0.412 e. The molecule has 132 valence electrons. The fraction of sp³-hybridized carbons (Fsp3) is 0.500. The Labute approximate surface area is 162 Å². The summed E-state index contributed by atoms with van der Waals surface area (Å²) in [5, 5.41) is 0. The number of hydrogen-bond donors (Lipinski definition) is 0. The van der Waals surface area contributed by atoms with Gasteiger partial charge in [0, 0.05) is 5.41 Å². The second-order valence-corrected chi connectivity index (χ2v) is 10.4. The van der Waals surface area contributed by atoms with Crippen molar-refractivity contribution >= 4 is 56.3 Å². The fourth-order valence-electron chi connectivity index (χ4n) is 1.99. The van der Waals surface area contributed by atoms with Crippen molar-refractivity contribution in [1.82, 2.24) is 0 Å². The van der Waals surface area contributed by atoms with Gasteiger partial charge in [-0.3, -0.25) is 0 Å². The first-order valence-electron chi connectivity index (χ1n) is 7.70. The topological polar surface area (TPSA) is 63.2 Å². The Balaban J connectivity index is 0.000000271. The number of carbonyl (C=O) groups is 1. The molecule has 1 aromatic rings. The van der Waals surface area contributed by atoms with E-state index in [9.17, 15) is 4.79 Å². The molecule has 25 heavy (non-hydrogen) atoms. The summed E-state index contributed by atoms with van der Waals surface area (Å²) < 4.78 is 24.4. The zero-order chi connectivity index (χ0) is 18.4. The molecule has 0 aromatic heterocycles. The summed E-state index contributed by atoms with van der Waals surface area (Å²) in [6.45, 7) is 6.14. The highest BCUT2D eigenvalue weighted by Gasteiger charge is 2.21. The predicted molar refractivity (Wildman–Crippen MR) is 98.3 cm³/mol. The van der Waals surface area contributed by atoms with E-state index < -0.39 is 0 Å². The van der Waals surface area contributed by atoms with E-state index in [2.05, 4.69) is 25.1 Å². The Kier molecular flexibility index (Phi) is 12.7. The molecule has 10 radical (unpaired) electrons. The normalized spacial score (nSPS) is 16.4. The molecule has 1 aliphatic rings. The Morgan fingerprint density at radius 1 is 0.920 bits per heavy atom. The van der Waals surface area contributed by atoms with E-state index in [-0.39, 0.29) is 55.4 Å². The van der Waals surface area contributed by atoms with Gasteiger partial charge in [0.05, 0.1) is 0 Å². The number of rotatable bonds is 5. The molecule has 1 aromatic carbocycles. The van der Waals surface area contributed by atoms with Gasteiger partial charge in [-0.15, -0.1) is 0 Å². The van der Waals surface area contributed by atoms with Crippen molar-refractivity contribution in [3.8, 4) is 0 Å². The first kappa shape index (κ1) is 22.8. The lowest BCUT2D eigenvalue weighted by Crippen LogP contribution is -2.23. The highest BCUT2D eigenvalue weighted by atomic mass is 28.4. The molecule has 0 bridgehead atoms. The summed E-state index contributed by atoms with van der Waals surface area (Å²) in [4.78, 5) is 11.1. The van der Waals surface area contributed by atoms with E-state index in [1.807, 2.05) is 19.9 Å². The maximum Gasteiger partial charge on any atom is 0.412 e. The molecule has 11 heteroatoms. The van der Waals surface area contributed by atoms with Crippen LogP contribution in [0.15, 0.2) is 24.3 Å². The highest BCUT2D eigenvalue weighted by Crippen LogP contribution is 2.25. The molecule has 1 heterocycles. The van der Waals surface area contributed by atoms with Crippen LogP contribution in [0.5, 0.6) is 0 Å². The molecule has 0 amide bonds. The molecule has 0 aliphatic carbocycles. The van der Waals surface area contributed by atoms with Gasteiger partial charge < -0.3 is 25.4 Å². The maximum atomic E-state index is 11.1. The molecule has 0 N–H and O–H groups in total. The number of unbranched alkanes of at least 4 members (excludes halogenated alkanes) is 1. The zero-order valence-electron chi connectivity index (χ0n) is 14.5. The summed E-state index contributed by atoms with van der Waals surface area (Å²) in [6, 6.07) is 8.26. The molecule has 1 fully saturated rings. The molecule has 0 spiro atoms. The highest BCUT2D eigenvalue weighted by molar-refractivity contribution is 6.50. The van der Waals surface area contributed by atoms with Crippen LogP contribution in [0.4, 0.5) is 0 Å².